The molecule has 1 N–H and O–H groups in total. The molecule has 21 heavy (non-hydrogen) atoms. The minimum Gasteiger partial charge on any atom is -0.475 e. The maximum absolute atomic E-state index is 10.4. The van der Waals surface area contributed by atoms with E-state index < -0.39 is 0 Å². The quantitative estimate of drug-likeness (QED) is 0.922. The van der Waals surface area contributed by atoms with Gasteiger partial charge < -0.3 is 9.84 Å². The SMILES string of the molecule is CC(C)[C@H]1COC(c2ccccc2CC(O)C(C)(C)C)=N1. The molecule has 0 saturated heterocycles. The van der Waals surface area contributed by atoms with Gasteiger partial charge in [-0.2, -0.15) is 0 Å². The van der Waals surface area contributed by atoms with Gasteiger partial charge in [-0.05, 0) is 29.4 Å². The monoisotopic (exact) mass is 289 g/mol. The maximum atomic E-state index is 10.4. The predicted molar refractivity (Wildman–Crippen MR) is 86.7 cm³/mol. The van der Waals surface area contributed by atoms with Crippen molar-refractivity contribution < 1.29 is 9.84 Å². The largest absolute Gasteiger partial charge is 0.475 e. The number of benzene rings is 1. The lowest BCUT2D eigenvalue weighted by Gasteiger charge is -2.26. The molecule has 1 unspecified atom stereocenters. The first-order valence-electron chi connectivity index (χ1n) is 7.76. The van der Waals surface area contributed by atoms with Gasteiger partial charge in [-0.1, -0.05) is 52.8 Å². The highest BCUT2D eigenvalue weighted by molar-refractivity contribution is 5.96. The molecule has 0 radical (unpaired) electrons. The third-order valence-corrected chi connectivity index (χ3v) is 4.10. The summed E-state index contributed by atoms with van der Waals surface area (Å²) in [6.45, 7) is 11.1. The maximum Gasteiger partial charge on any atom is 0.216 e. The van der Waals surface area contributed by atoms with Crippen LogP contribution in [0.5, 0.6) is 0 Å². The first-order valence-corrected chi connectivity index (χ1v) is 7.76. The van der Waals surface area contributed by atoms with Crippen LogP contribution in [-0.4, -0.2) is 29.8 Å². The third-order valence-electron chi connectivity index (χ3n) is 4.10. The van der Waals surface area contributed by atoms with Crippen molar-refractivity contribution in [1.82, 2.24) is 0 Å². The molecule has 0 saturated carbocycles. The van der Waals surface area contributed by atoms with E-state index in [0.717, 1.165) is 17.0 Å². The topological polar surface area (TPSA) is 41.8 Å². The Bertz CT molecular complexity index is 514. The van der Waals surface area contributed by atoms with Gasteiger partial charge in [-0.15, -0.1) is 0 Å². The molecule has 0 bridgehead atoms. The summed E-state index contributed by atoms with van der Waals surface area (Å²) in [6, 6.07) is 8.33. The standard InChI is InChI=1S/C18H27NO2/c1-12(2)15-11-21-17(19-15)14-9-7-6-8-13(14)10-16(20)18(3,4)5/h6-9,12,15-16,20H,10-11H2,1-5H3/t15-,16?/m1/s1. The Kier molecular flexibility index (Phi) is 4.72. The van der Waals surface area contributed by atoms with E-state index in [0.29, 0.717) is 18.9 Å². The summed E-state index contributed by atoms with van der Waals surface area (Å²) in [6.07, 6.45) is 0.232. The van der Waals surface area contributed by atoms with Crippen LogP contribution in [0.15, 0.2) is 29.3 Å². The molecule has 3 heteroatoms. The molecule has 1 aromatic rings. The van der Waals surface area contributed by atoms with Crippen molar-refractivity contribution in [2.45, 2.75) is 53.2 Å². The normalized spacial score (nSPS) is 20.3. The smallest absolute Gasteiger partial charge is 0.216 e. The van der Waals surface area contributed by atoms with Gasteiger partial charge in [0, 0.05) is 5.56 Å². The second-order valence-corrected chi connectivity index (χ2v) is 7.30. The molecule has 116 valence electrons. The Balaban J connectivity index is 2.24. The van der Waals surface area contributed by atoms with Crippen molar-refractivity contribution in [3.05, 3.63) is 35.4 Å². The van der Waals surface area contributed by atoms with E-state index in [-0.39, 0.29) is 17.6 Å². The summed E-state index contributed by atoms with van der Waals surface area (Å²) in [5.41, 5.74) is 1.98. The van der Waals surface area contributed by atoms with E-state index in [1.54, 1.807) is 0 Å². The molecule has 0 aromatic heterocycles. The van der Waals surface area contributed by atoms with Gasteiger partial charge in [0.25, 0.3) is 0 Å². The van der Waals surface area contributed by atoms with Gasteiger partial charge in [0.15, 0.2) is 0 Å². The molecule has 0 aliphatic carbocycles. The fraction of sp³-hybridized carbons (Fsp3) is 0.611. The lowest BCUT2D eigenvalue weighted by atomic mass is 9.84. The number of nitrogens with zero attached hydrogens (tertiary/aromatic N) is 1. The van der Waals surface area contributed by atoms with Crippen LogP contribution in [0.1, 0.15) is 45.7 Å². The van der Waals surface area contributed by atoms with Crippen LogP contribution in [-0.2, 0) is 11.2 Å². The van der Waals surface area contributed by atoms with E-state index in [4.69, 9.17) is 9.73 Å². The average molecular weight is 289 g/mol. The van der Waals surface area contributed by atoms with Crippen molar-refractivity contribution in [1.29, 1.82) is 0 Å². The van der Waals surface area contributed by atoms with Crippen LogP contribution in [0.3, 0.4) is 0 Å². The highest BCUT2D eigenvalue weighted by Gasteiger charge is 2.27. The fourth-order valence-corrected chi connectivity index (χ4v) is 2.30. The van der Waals surface area contributed by atoms with Crippen molar-refractivity contribution >= 4 is 5.90 Å². The zero-order valence-electron chi connectivity index (χ0n) is 13.8. The Labute approximate surface area is 128 Å². The third kappa shape index (κ3) is 3.85. The second-order valence-electron chi connectivity index (χ2n) is 7.30. The number of aliphatic imine (C=N–C) groups is 1. The van der Waals surface area contributed by atoms with Gasteiger partial charge in [-0.25, -0.2) is 4.99 Å². The van der Waals surface area contributed by atoms with Crippen LogP contribution >= 0.6 is 0 Å². The highest BCUT2D eigenvalue weighted by atomic mass is 16.5. The second kappa shape index (κ2) is 6.18. The van der Waals surface area contributed by atoms with E-state index >= 15 is 0 Å². The first-order chi connectivity index (χ1) is 9.79. The van der Waals surface area contributed by atoms with Crippen LogP contribution in [0, 0.1) is 11.3 Å². The summed E-state index contributed by atoms with van der Waals surface area (Å²) in [5.74, 6) is 1.21. The summed E-state index contributed by atoms with van der Waals surface area (Å²) < 4.78 is 5.79. The minimum absolute atomic E-state index is 0.133. The molecule has 0 spiro atoms. The summed E-state index contributed by atoms with van der Waals surface area (Å²) in [4.78, 5) is 4.70. The zero-order valence-corrected chi connectivity index (χ0v) is 13.8. The Hall–Kier alpha value is -1.35. The van der Waals surface area contributed by atoms with E-state index in [1.165, 1.54) is 0 Å². The molecule has 2 atom stereocenters. The summed E-state index contributed by atoms with van der Waals surface area (Å²) in [5, 5.41) is 10.4. The number of aliphatic hydroxyl groups excluding tert-OH is 1. The molecular formula is C18H27NO2. The highest BCUT2D eigenvalue weighted by Crippen LogP contribution is 2.25. The first kappa shape index (κ1) is 16.0. The number of aliphatic hydroxyl groups is 1. The molecule has 0 amide bonds. The van der Waals surface area contributed by atoms with Crippen LogP contribution in [0.2, 0.25) is 0 Å². The minimum atomic E-state index is -0.387. The van der Waals surface area contributed by atoms with Crippen LogP contribution in [0.4, 0.5) is 0 Å². The van der Waals surface area contributed by atoms with E-state index in [2.05, 4.69) is 40.7 Å². The number of ether oxygens (including phenoxy) is 1. The Morgan fingerprint density at radius 1 is 1.29 bits per heavy atom. The van der Waals surface area contributed by atoms with Crippen LogP contribution in [0.25, 0.3) is 0 Å². The van der Waals surface area contributed by atoms with Crippen molar-refractivity contribution in [2.24, 2.45) is 16.3 Å². The molecule has 1 aliphatic heterocycles. The lowest BCUT2D eigenvalue weighted by Crippen LogP contribution is -2.28. The number of rotatable bonds is 4. The predicted octanol–water partition coefficient (Wildman–Crippen LogP) is 3.44. The van der Waals surface area contributed by atoms with Crippen LogP contribution < -0.4 is 0 Å². The average Bonchev–Trinajstić information content (AvgIpc) is 2.88. The van der Waals surface area contributed by atoms with Gasteiger partial charge in [0.1, 0.15) is 6.61 Å². The molecule has 1 aliphatic rings. The van der Waals surface area contributed by atoms with Crippen molar-refractivity contribution in [2.75, 3.05) is 6.61 Å². The molecule has 3 nitrogen and oxygen atoms in total. The Morgan fingerprint density at radius 3 is 2.52 bits per heavy atom. The van der Waals surface area contributed by atoms with E-state index in [9.17, 15) is 5.11 Å². The van der Waals surface area contributed by atoms with Gasteiger partial charge in [0.2, 0.25) is 5.90 Å². The lowest BCUT2D eigenvalue weighted by molar-refractivity contribution is 0.0635. The number of hydrogen-bond acceptors (Lipinski definition) is 3. The summed E-state index contributed by atoms with van der Waals surface area (Å²) in [7, 11) is 0. The molecule has 1 aromatic carbocycles. The molecule has 1 heterocycles. The van der Waals surface area contributed by atoms with Gasteiger partial charge >= 0.3 is 0 Å². The molecular weight excluding hydrogens is 262 g/mol. The van der Waals surface area contributed by atoms with Crippen molar-refractivity contribution in [3.8, 4) is 0 Å². The molecule has 0 fully saturated rings. The number of hydrogen-bond donors (Lipinski definition) is 1. The summed E-state index contributed by atoms with van der Waals surface area (Å²) >= 11 is 0. The zero-order chi connectivity index (χ0) is 15.6. The van der Waals surface area contributed by atoms with Crippen molar-refractivity contribution in [3.63, 3.8) is 0 Å². The van der Waals surface area contributed by atoms with E-state index in [1.807, 2.05) is 18.2 Å². The molecule has 2 rings (SSSR count). The fourth-order valence-electron chi connectivity index (χ4n) is 2.30. The Morgan fingerprint density at radius 2 is 1.95 bits per heavy atom. The van der Waals surface area contributed by atoms with Gasteiger partial charge in [-0.3, -0.25) is 0 Å². The van der Waals surface area contributed by atoms with Gasteiger partial charge in [0.05, 0.1) is 12.1 Å².